The fraction of sp³-hybridized carbons (Fsp3) is 0.286. The van der Waals surface area contributed by atoms with Crippen LogP contribution in [0.5, 0.6) is 11.5 Å². The van der Waals surface area contributed by atoms with Crippen LogP contribution in [0.2, 0.25) is 0 Å². The number of likely N-dealkylation sites (N-methyl/N-ethyl adjacent to an activating group) is 1. The second-order valence-corrected chi connectivity index (χ2v) is 11.0. The molecule has 0 saturated carbocycles. The number of sulfonamides is 1. The Hall–Kier alpha value is -4.05. The molecule has 1 aliphatic rings. The molecule has 200 valence electrons. The molecule has 38 heavy (non-hydrogen) atoms. The van der Waals surface area contributed by atoms with Gasteiger partial charge in [-0.25, -0.2) is 8.42 Å². The Morgan fingerprint density at radius 2 is 1.66 bits per heavy atom. The molecule has 1 N–H and O–H groups in total. The number of hydrogen-bond donors (Lipinski definition) is 1. The highest BCUT2D eigenvalue weighted by molar-refractivity contribution is 7.92. The number of aryl methyl sites for hydroxylation is 1. The van der Waals surface area contributed by atoms with Gasteiger partial charge in [-0.1, -0.05) is 54.6 Å². The van der Waals surface area contributed by atoms with Crippen LogP contribution in [0.4, 0.5) is 5.69 Å². The third-order valence-electron chi connectivity index (χ3n) is 6.44. The van der Waals surface area contributed by atoms with Crippen LogP contribution in [-0.4, -0.2) is 57.8 Å². The van der Waals surface area contributed by atoms with Gasteiger partial charge in [0.1, 0.15) is 12.6 Å². The smallest absolute Gasteiger partial charge is 0.244 e. The average molecular weight is 538 g/mol. The van der Waals surface area contributed by atoms with E-state index in [-0.39, 0.29) is 31.4 Å². The Labute approximate surface area is 223 Å². The van der Waals surface area contributed by atoms with Gasteiger partial charge in [0.2, 0.25) is 28.6 Å². The standard InChI is InChI=1S/C28H31N3O6S/c1-20-9-7-8-12-22(20)17-30(24(28(33)29-2)15-21-10-5-4-6-11-21)27(32)18-31(38(3,34)35)23-13-14-25-26(16-23)37-19-36-25/h4-14,16,24H,15,17-19H2,1-3H3,(H,29,33). The summed E-state index contributed by atoms with van der Waals surface area (Å²) < 4.78 is 37.5. The highest BCUT2D eigenvalue weighted by Gasteiger charge is 2.33. The van der Waals surface area contributed by atoms with Crippen molar-refractivity contribution in [3.63, 3.8) is 0 Å². The van der Waals surface area contributed by atoms with Crippen molar-refractivity contribution in [1.82, 2.24) is 10.2 Å². The van der Waals surface area contributed by atoms with Gasteiger partial charge in [0.15, 0.2) is 11.5 Å². The number of nitrogens with one attached hydrogen (secondary N) is 1. The molecule has 3 aromatic rings. The summed E-state index contributed by atoms with van der Waals surface area (Å²) in [5, 5.41) is 2.67. The van der Waals surface area contributed by atoms with Crippen molar-refractivity contribution in [2.24, 2.45) is 0 Å². The fourth-order valence-electron chi connectivity index (χ4n) is 4.35. The maximum atomic E-state index is 14.0. The van der Waals surface area contributed by atoms with E-state index >= 15 is 0 Å². The topological polar surface area (TPSA) is 105 Å². The van der Waals surface area contributed by atoms with E-state index in [0.717, 1.165) is 27.3 Å². The van der Waals surface area contributed by atoms with Gasteiger partial charge in [-0.2, -0.15) is 0 Å². The van der Waals surface area contributed by atoms with E-state index in [0.29, 0.717) is 11.5 Å². The van der Waals surface area contributed by atoms with Crippen LogP contribution in [0.15, 0.2) is 72.8 Å². The van der Waals surface area contributed by atoms with E-state index in [4.69, 9.17) is 9.47 Å². The normalized spacial score (nSPS) is 13.0. The Bertz CT molecular complexity index is 1410. The van der Waals surface area contributed by atoms with Gasteiger partial charge >= 0.3 is 0 Å². The zero-order chi connectivity index (χ0) is 27.3. The maximum absolute atomic E-state index is 14.0. The summed E-state index contributed by atoms with van der Waals surface area (Å²) in [4.78, 5) is 28.6. The van der Waals surface area contributed by atoms with Gasteiger partial charge in [0.25, 0.3) is 0 Å². The van der Waals surface area contributed by atoms with Crippen LogP contribution in [0.1, 0.15) is 16.7 Å². The van der Waals surface area contributed by atoms with E-state index in [9.17, 15) is 18.0 Å². The molecule has 0 saturated heterocycles. The highest BCUT2D eigenvalue weighted by Crippen LogP contribution is 2.36. The molecule has 1 atom stereocenters. The van der Waals surface area contributed by atoms with Crippen molar-refractivity contribution >= 4 is 27.5 Å². The number of fused-ring (bicyclic) bond motifs is 1. The Balaban J connectivity index is 1.71. The lowest BCUT2D eigenvalue weighted by molar-refractivity contribution is -0.139. The maximum Gasteiger partial charge on any atom is 0.244 e. The fourth-order valence-corrected chi connectivity index (χ4v) is 5.19. The zero-order valence-corrected chi connectivity index (χ0v) is 22.4. The monoisotopic (exact) mass is 537 g/mol. The number of benzene rings is 3. The molecular weight excluding hydrogens is 506 g/mol. The first-order valence-corrected chi connectivity index (χ1v) is 14.0. The molecule has 0 aliphatic carbocycles. The van der Waals surface area contributed by atoms with Gasteiger partial charge in [-0.3, -0.25) is 13.9 Å². The summed E-state index contributed by atoms with van der Waals surface area (Å²) in [5.74, 6) is 0.0376. The highest BCUT2D eigenvalue weighted by atomic mass is 32.2. The van der Waals surface area contributed by atoms with Crippen molar-refractivity contribution in [1.29, 1.82) is 0 Å². The molecule has 4 rings (SSSR count). The quantitative estimate of drug-likeness (QED) is 0.427. The predicted octanol–water partition coefficient (Wildman–Crippen LogP) is 2.88. The first-order valence-electron chi connectivity index (χ1n) is 12.1. The minimum atomic E-state index is -3.87. The molecule has 0 radical (unpaired) electrons. The Morgan fingerprint density at radius 3 is 2.34 bits per heavy atom. The number of nitrogens with zero attached hydrogens (tertiary/aromatic N) is 2. The lowest BCUT2D eigenvalue weighted by atomic mass is 10.0. The molecule has 0 bridgehead atoms. The Morgan fingerprint density at radius 1 is 0.974 bits per heavy atom. The van der Waals surface area contributed by atoms with Gasteiger partial charge in [0.05, 0.1) is 11.9 Å². The van der Waals surface area contributed by atoms with Gasteiger partial charge in [-0.15, -0.1) is 0 Å². The lowest BCUT2D eigenvalue weighted by Gasteiger charge is -2.33. The van der Waals surface area contributed by atoms with Crippen molar-refractivity contribution in [2.75, 3.05) is 30.9 Å². The molecule has 1 aliphatic heterocycles. The van der Waals surface area contributed by atoms with E-state index in [2.05, 4.69) is 5.32 Å². The molecule has 0 aromatic heterocycles. The first-order chi connectivity index (χ1) is 18.2. The SMILES string of the molecule is CNC(=O)C(Cc1ccccc1)N(Cc1ccccc1C)C(=O)CN(c1ccc2c(c1)OCO2)S(C)(=O)=O. The molecule has 1 heterocycles. The van der Waals surface area contributed by atoms with E-state index in [1.807, 2.05) is 61.5 Å². The number of carbonyl (C=O) groups is 2. The van der Waals surface area contributed by atoms with Gasteiger partial charge < -0.3 is 19.7 Å². The summed E-state index contributed by atoms with van der Waals surface area (Å²) in [6.07, 6.45) is 1.30. The van der Waals surface area contributed by atoms with Crippen molar-refractivity contribution in [2.45, 2.75) is 25.9 Å². The summed E-state index contributed by atoms with van der Waals surface area (Å²) in [7, 11) is -2.35. The molecule has 2 amide bonds. The summed E-state index contributed by atoms with van der Waals surface area (Å²) >= 11 is 0. The molecule has 0 spiro atoms. The number of ether oxygens (including phenoxy) is 2. The molecule has 0 fully saturated rings. The van der Waals surface area contributed by atoms with Crippen molar-refractivity contribution in [3.8, 4) is 11.5 Å². The van der Waals surface area contributed by atoms with E-state index < -0.39 is 28.5 Å². The second kappa shape index (κ2) is 11.6. The van der Waals surface area contributed by atoms with Crippen molar-refractivity contribution < 1.29 is 27.5 Å². The largest absolute Gasteiger partial charge is 0.454 e. The zero-order valence-electron chi connectivity index (χ0n) is 21.6. The molecule has 1 unspecified atom stereocenters. The minimum Gasteiger partial charge on any atom is -0.454 e. The number of hydrogen-bond acceptors (Lipinski definition) is 6. The molecule has 9 nitrogen and oxygen atoms in total. The second-order valence-electron chi connectivity index (χ2n) is 9.08. The number of anilines is 1. The molecule has 10 heteroatoms. The average Bonchev–Trinajstić information content (AvgIpc) is 3.37. The van der Waals surface area contributed by atoms with Gasteiger partial charge in [-0.05, 0) is 35.7 Å². The number of amides is 2. The molecule has 3 aromatic carbocycles. The predicted molar refractivity (Wildman–Crippen MR) is 144 cm³/mol. The Kier molecular flexibility index (Phi) is 8.21. The van der Waals surface area contributed by atoms with Crippen LogP contribution in [0.3, 0.4) is 0 Å². The third-order valence-corrected chi connectivity index (χ3v) is 7.58. The van der Waals surface area contributed by atoms with E-state index in [1.165, 1.54) is 18.0 Å². The summed E-state index contributed by atoms with van der Waals surface area (Å²) in [6, 6.07) is 20.8. The summed E-state index contributed by atoms with van der Waals surface area (Å²) in [5.41, 5.74) is 2.95. The minimum absolute atomic E-state index is 0.0358. The van der Waals surface area contributed by atoms with Crippen LogP contribution < -0.4 is 19.1 Å². The van der Waals surface area contributed by atoms with Crippen LogP contribution >= 0.6 is 0 Å². The first kappa shape index (κ1) is 27.0. The third kappa shape index (κ3) is 6.25. The number of rotatable bonds is 10. The van der Waals surface area contributed by atoms with Crippen LogP contribution in [-0.2, 0) is 32.6 Å². The van der Waals surface area contributed by atoms with Crippen LogP contribution in [0.25, 0.3) is 0 Å². The summed E-state index contributed by atoms with van der Waals surface area (Å²) in [6.45, 7) is 1.61. The van der Waals surface area contributed by atoms with Crippen LogP contribution in [0, 0.1) is 6.92 Å². The van der Waals surface area contributed by atoms with Crippen molar-refractivity contribution in [3.05, 3.63) is 89.5 Å². The molecular formula is C28H31N3O6S. The van der Waals surface area contributed by atoms with Gasteiger partial charge in [0, 0.05) is 26.1 Å². The lowest BCUT2D eigenvalue weighted by Crippen LogP contribution is -2.53. The van der Waals surface area contributed by atoms with E-state index in [1.54, 1.807) is 12.1 Å². The number of carbonyl (C=O) groups excluding carboxylic acids is 2.